The quantitative estimate of drug-likeness (QED) is 0.753. The van der Waals surface area contributed by atoms with Gasteiger partial charge in [-0.05, 0) is 30.7 Å². The number of benzene rings is 2. The van der Waals surface area contributed by atoms with Crippen molar-refractivity contribution in [3.63, 3.8) is 0 Å². The summed E-state index contributed by atoms with van der Waals surface area (Å²) in [6.07, 6.45) is 0. The van der Waals surface area contributed by atoms with Gasteiger partial charge in [-0.2, -0.15) is 5.10 Å². The van der Waals surface area contributed by atoms with Crippen LogP contribution < -0.4 is 15.2 Å². The van der Waals surface area contributed by atoms with E-state index in [1.807, 2.05) is 49.4 Å². The molecule has 0 aliphatic rings. The van der Waals surface area contributed by atoms with Crippen LogP contribution in [0.2, 0.25) is 0 Å². The van der Waals surface area contributed by atoms with E-state index in [1.165, 1.54) is 5.56 Å². The standard InChI is InChI=1S/C18H20N4O2/c1-11-4-6-12(7-5-11)16(19)18-20-17(21-22-18)13-8-9-14(23-2)15(10-13)24-3/h4-10,16H,19H2,1-3H3,(H,20,21,22)/t16-/m1/s1. The fraction of sp³-hybridized carbons (Fsp3) is 0.222. The predicted octanol–water partition coefficient (Wildman–Crippen LogP) is 2.85. The molecule has 3 rings (SSSR count). The fourth-order valence-electron chi connectivity index (χ4n) is 2.45. The summed E-state index contributed by atoms with van der Waals surface area (Å²) >= 11 is 0. The number of ether oxygens (including phenoxy) is 2. The molecule has 0 aliphatic heterocycles. The number of aromatic nitrogens is 3. The van der Waals surface area contributed by atoms with Crippen molar-refractivity contribution in [1.29, 1.82) is 0 Å². The van der Waals surface area contributed by atoms with Gasteiger partial charge in [-0.25, -0.2) is 4.98 Å². The molecule has 0 fully saturated rings. The molecule has 6 heteroatoms. The largest absolute Gasteiger partial charge is 0.493 e. The van der Waals surface area contributed by atoms with Crippen molar-refractivity contribution in [2.45, 2.75) is 13.0 Å². The number of H-pyrrole nitrogens is 1. The van der Waals surface area contributed by atoms with Crippen molar-refractivity contribution in [2.24, 2.45) is 5.73 Å². The summed E-state index contributed by atoms with van der Waals surface area (Å²) in [6.45, 7) is 2.04. The van der Waals surface area contributed by atoms with Gasteiger partial charge in [0, 0.05) is 5.56 Å². The Hall–Kier alpha value is -2.86. The van der Waals surface area contributed by atoms with Crippen molar-refractivity contribution >= 4 is 0 Å². The van der Waals surface area contributed by atoms with Gasteiger partial charge in [0.2, 0.25) is 0 Å². The van der Waals surface area contributed by atoms with Crippen LogP contribution in [0.5, 0.6) is 11.5 Å². The minimum absolute atomic E-state index is 0.355. The Morgan fingerprint density at radius 2 is 1.71 bits per heavy atom. The molecule has 24 heavy (non-hydrogen) atoms. The third kappa shape index (κ3) is 3.09. The van der Waals surface area contributed by atoms with Gasteiger partial charge in [-0.3, -0.25) is 5.10 Å². The SMILES string of the molecule is COc1ccc(-c2n[nH]c([C@H](N)c3ccc(C)cc3)n2)cc1OC. The zero-order chi connectivity index (χ0) is 17.1. The summed E-state index contributed by atoms with van der Waals surface area (Å²) in [7, 11) is 3.20. The van der Waals surface area contributed by atoms with Crippen LogP contribution in [0.4, 0.5) is 0 Å². The first kappa shape index (κ1) is 16.0. The lowest BCUT2D eigenvalue weighted by atomic mass is 10.1. The number of nitrogens with two attached hydrogens (primary N) is 1. The van der Waals surface area contributed by atoms with E-state index in [0.29, 0.717) is 23.1 Å². The molecule has 0 saturated heterocycles. The first-order valence-corrected chi connectivity index (χ1v) is 7.59. The molecule has 0 aliphatic carbocycles. The molecule has 0 radical (unpaired) electrons. The highest BCUT2D eigenvalue weighted by atomic mass is 16.5. The van der Waals surface area contributed by atoms with Gasteiger partial charge < -0.3 is 15.2 Å². The summed E-state index contributed by atoms with van der Waals surface area (Å²) in [5.41, 5.74) is 9.28. The van der Waals surface area contributed by atoms with E-state index in [1.54, 1.807) is 14.2 Å². The Bertz CT molecular complexity index is 827. The van der Waals surface area contributed by atoms with Crippen molar-refractivity contribution in [1.82, 2.24) is 15.2 Å². The van der Waals surface area contributed by atoms with Crippen LogP contribution in [0.25, 0.3) is 11.4 Å². The molecule has 1 heterocycles. The first-order chi connectivity index (χ1) is 11.6. The maximum atomic E-state index is 6.28. The van der Waals surface area contributed by atoms with Crippen LogP contribution in [-0.2, 0) is 0 Å². The number of nitrogens with one attached hydrogen (secondary N) is 1. The van der Waals surface area contributed by atoms with E-state index in [2.05, 4.69) is 15.2 Å². The molecule has 0 spiro atoms. The van der Waals surface area contributed by atoms with Crippen molar-refractivity contribution in [3.8, 4) is 22.9 Å². The predicted molar refractivity (Wildman–Crippen MR) is 92.1 cm³/mol. The Labute approximate surface area is 140 Å². The lowest BCUT2D eigenvalue weighted by Crippen LogP contribution is -2.13. The van der Waals surface area contributed by atoms with Crippen molar-refractivity contribution in [3.05, 3.63) is 59.4 Å². The number of aromatic amines is 1. The Morgan fingerprint density at radius 1 is 1.00 bits per heavy atom. The van der Waals surface area contributed by atoms with Gasteiger partial charge in [-0.15, -0.1) is 0 Å². The van der Waals surface area contributed by atoms with Gasteiger partial charge >= 0.3 is 0 Å². The van der Waals surface area contributed by atoms with Gasteiger partial charge in [0.05, 0.1) is 20.3 Å². The third-order valence-electron chi connectivity index (χ3n) is 3.88. The fourth-order valence-corrected chi connectivity index (χ4v) is 2.45. The third-order valence-corrected chi connectivity index (χ3v) is 3.88. The monoisotopic (exact) mass is 324 g/mol. The number of methoxy groups -OCH3 is 2. The molecular formula is C18H20N4O2. The molecule has 0 saturated carbocycles. The van der Waals surface area contributed by atoms with Crippen LogP contribution in [0.3, 0.4) is 0 Å². The maximum absolute atomic E-state index is 6.28. The zero-order valence-electron chi connectivity index (χ0n) is 13.9. The highest BCUT2D eigenvalue weighted by Gasteiger charge is 2.16. The summed E-state index contributed by atoms with van der Waals surface area (Å²) in [5, 5.41) is 7.19. The number of hydrogen-bond acceptors (Lipinski definition) is 5. The summed E-state index contributed by atoms with van der Waals surface area (Å²) in [6, 6.07) is 13.2. The van der Waals surface area contributed by atoms with Crippen LogP contribution >= 0.6 is 0 Å². The number of rotatable bonds is 5. The normalized spacial score (nSPS) is 12.0. The molecule has 0 amide bonds. The average molecular weight is 324 g/mol. The number of nitrogens with zero attached hydrogens (tertiary/aromatic N) is 2. The van der Waals surface area contributed by atoms with E-state index >= 15 is 0 Å². The minimum atomic E-state index is -0.355. The first-order valence-electron chi connectivity index (χ1n) is 7.59. The second kappa shape index (κ2) is 6.72. The van der Waals surface area contributed by atoms with Crippen LogP contribution in [0, 0.1) is 6.92 Å². The molecule has 2 aromatic carbocycles. The van der Waals surface area contributed by atoms with E-state index < -0.39 is 0 Å². The molecule has 1 aromatic heterocycles. The highest BCUT2D eigenvalue weighted by molar-refractivity contribution is 5.61. The van der Waals surface area contributed by atoms with Gasteiger partial charge in [0.15, 0.2) is 17.3 Å². The summed E-state index contributed by atoms with van der Waals surface area (Å²) in [4.78, 5) is 4.52. The smallest absolute Gasteiger partial charge is 0.181 e. The van der Waals surface area contributed by atoms with E-state index in [-0.39, 0.29) is 6.04 Å². The molecule has 124 valence electrons. The second-order valence-electron chi connectivity index (χ2n) is 5.50. The van der Waals surface area contributed by atoms with Gasteiger partial charge in [0.25, 0.3) is 0 Å². The molecule has 0 bridgehead atoms. The molecule has 3 N–H and O–H groups in total. The molecule has 6 nitrogen and oxygen atoms in total. The van der Waals surface area contributed by atoms with Gasteiger partial charge in [0.1, 0.15) is 5.82 Å². The van der Waals surface area contributed by atoms with E-state index in [9.17, 15) is 0 Å². The van der Waals surface area contributed by atoms with E-state index in [4.69, 9.17) is 15.2 Å². The van der Waals surface area contributed by atoms with Crippen molar-refractivity contribution in [2.75, 3.05) is 14.2 Å². The van der Waals surface area contributed by atoms with Crippen LogP contribution in [0.1, 0.15) is 23.0 Å². The average Bonchev–Trinajstić information content (AvgIpc) is 3.11. The lowest BCUT2D eigenvalue weighted by molar-refractivity contribution is 0.355. The Balaban J connectivity index is 1.89. The minimum Gasteiger partial charge on any atom is -0.493 e. The lowest BCUT2D eigenvalue weighted by Gasteiger charge is -2.09. The molecule has 1 atom stereocenters. The topological polar surface area (TPSA) is 86.0 Å². The molecule has 0 unspecified atom stereocenters. The number of aryl methyl sites for hydroxylation is 1. The Kier molecular flexibility index (Phi) is 4.48. The highest BCUT2D eigenvalue weighted by Crippen LogP contribution is 2.31. The summed E-state index contributed by atoms with van der Waals surface area (Å²) < 4.78 is 10.6. The second-order valence-corrected chi connectivity index (χ2v) is 5.50. The molecular weight excluding hydrogens is 304 g/mol. The molecule has 3 aromatic rings. The van der Waals surface area contributed by atoms with E-state index in [0.717, 1.165) is 11.1 Å². The van der Waals surface area contributed by atoms with Crippen LogP contribution in [-0.4, -0.2) is 29.4 Å². The summed E-state index contributed by atoms with van der Waals surface area (Å²) in [5.74, 6) is 2.47. The number of hydrogen-bond donors (Lipinski definition) is 2. The van der Waals surface area contributed by atoms with Crippen molar-refractivity contribution < 1.29 is 9.47 Å². The Morgan fingerprint density at radius 3 is 2.38 bits per heavy atom. The van der Waals surface area contributed by atoms with Crippen LogP contribution in [0.15, 0.2) is 42.5 Å². The zero-order valence-corrected chi connectivity index (χ0v) is 13.9. The maximum Gasteiger partial charge on any atom is 0.181 e. The van der Waals surface area contributed by atoms with Gasteiger partial charge in [-0.1, -0.05) is 29.8 Å².